The van der Waals surface area contributed by atoms with Crippen molar-refractivity contribution >= 4 is 63.0 Å². The normalized spacial score (nSPS) is 15.8. The van der Waals surface area contributed by atoms with E-state index < -0.39 is 5.97 Å². The second-order valence-electron chi connectivity index (χ2n) is 6.34. The molecule has 3 aromatic rings. The van der Waals surface area contributed by atoms with Crippen LogP contribution in [-0.4, -0.2) is 30.9 Å². The SMILES string of the molecule is Cc1ccc(C(=O)O)cc1N1C(=O)/C(=C\c2nc3ccccc3n2C)SC1=S. The molecule has 0 spiro atoms. The molecule has 140 valence electrons. The highest BCUT2D eigenvalue weighted by Crippen LogP contribution is 2.37. The molecule has 2 aromatic carbocycles. The number of amides is 1. The van der Waals surface area contributed by atoms with Gasteiger partial charge in [0.1, 0.15) is 5.82 Å². The van der Waals surface area contributed by atoms with Crippen LogP contribution in [0.2, 0.25) is 0 Å². The average Bonchev–Trinajstić information content (AvgIpc) is 3.12. The van der Waals surface area contributed by atoms with E-state index in [1.54, 1.807) is 12.1 Å². The molecular formula is C20H15N3O3S2. The number of rotatable bonds is 3. The number of aromatic carboxylic acids is 1. The monoisotopic (exact) mass is 409 g/mol. The predicted molar refractivity (Wildman–Crippen MR) is 115 cm³/mol. The Bertz CT molecular complexity index is 1200. The molecule has 1 aliphatic rings. The Morgan fingerprint density at radius 2 is 2.00 bits per heavy atom. The molecule has 0 saturated carbocycles. The molecule has 1 aromatic heterocycles. The average molecular weight is 409 g/mol. The van der Waals surface area contributed by atoms with Gasteiger partial charge in [0.15, 0.2) is 4.32 Å². The van der Waals surface area contributed by atoms with Gasteiger partial charge >= 0.3 is 5.97 Å². The van der Waals surface area contributed by atoms with Crippen molar-refractivity contribution in [2.24, 2.45) is 7.05 Å². The summed E-state index contributed by atoms with van der Waals surface area (Å²) in [4.78, 5) is 30.8. The lowest BCUT2D eigenvalue weighted by Gasteiger charge is -2.17. The number of imidazole rings is 1. The van der Waals surface area contributed by atoms with Crippen molar-refractivity contribution in [1.29, 1.82) is 0 Å². The lowest BCUT2D eigenvalue weighted by molar-refractivity contribution is -0.113. The molecule has 1 N–H and O–H groups in total. The number of nitrogens with zero attached hydrogens (tertiary/aromatic N) is 3. The molecular weight excluding hydrogens is 394 g/mol. The van der Waals surface area contributed by atoms with E-state index in [2.05, 4.69) is 4.98 Å². The van der Waals surface area contributed by atoms with Crippen molar-refractivity contribution in [2.75, 3.05) is 4.90 Å². The molecule has 28 heavy (non-hydrogen) atoms. The van der Waals surface area contributed by atoms with Crippen LogP contribution in [0, 0.1) is 6.92 Å². The number of hydrogen-bond donors (Lipinski definition) is 1. The number of anilines is 1. The third-order valence-corrected chi connectivity index (χ3v) is 5.87. The van der Waals surface area contributed by atoms with Crippen LogP contribution < -0.4 is 4.90 Å². The maximum Gasteiger partial charge on any atom is 0.335 e. The van der Waals surface area contributed by atoms with Gasteiger partial charge in [-0.1, -0.05) is 42.2 Å². The lowest BCUT2D eigenvalue weighted by Crippen LogP contribution is -2.28. The number of carbonyl (C=O) groups excluding carboxylic acids is 1. The molecule has 1 fully saturated rings. The van der Waals surface area contributed by atoms with E-state index in [1.807, 2.05) is 42.8 Å². The van der Waals surface area contributed by atoms with Gasteiger partial charge in [0.05, 0.1) is 27.2 Å². The zero-order valence-corrected chi connectivity index (χ0v) is 16.7. The minimum atomic E-state index is -1.05. The van der Waals surface area contributed by atoms with Gasteiger partial charge in [-0.25, -0.2) is 9.78 Å². The first-order valence-electron chi connectivity index (χ1n) is 8.40. The van der Waals surface area contributed by atoms with Gasteiger partial charge in [0.2, 0.25) is 0 Å². The Balaban J connectivity index is 1.75. The Kier molecular flexibility index (Phi) is 4.52. The van der Waals surface area contributed by atoms with Crippen molar-refractivity contribution in [2.45, 2.75) is 6.92 Å². The number of thioether (sulfide) groups is 1. The highest BCUT2D eigenvalue weighted by molar-refractivity contribution is 8.27. The van der Waals surface area contributed by atoms with Crippen LogP contribution >= 0.6 is 24.0 Å². The van der Waals surface area contributed by atoms with E-state index in [0.717, 1.165) is 16.6 Å². The fourth-order valence-electron chi connectivity index (χ4n) is 3.07. The second kappa shape index (κ2) is 6.88. The predicted octanol–water partition coefficient (Wildman–Crippen LogP) is 3.99. The van der Waals surface area contributed by atoms with Crippen LogP contribution in [0.15, 0.2) is 47.4 Å². The van der Waals surface area contributed by atoms with E-state index in [-0.39, 0.29) is 11.5 Å². The van der Waals surface area contributed by atoms with E-state index >= 15 is 0 Å². The van der Waals surface area contributed by atoms with Crippen molar-refractivity contribution in [3.63, 3.8) is 0 Å². The highest BCUT2D eigenvalue weighted by atomic mass is 32.2. The van der Waals surface area contributed by atoms with Gasteiger partial charge in [-0.15, -0.1) is 0 Å². The Morgan fingerprint density at radius 3 is 2.71 bits per heavy atom. The third-order valence-electron chi connectivity index (χ3n) is 4.57. The number of aryl methyl sites for hydroxylation is 2. The van der Waals surface area contributed by atoms with Gasteiger partial charge < -0.3 is 9.67 Å². The summed E-state index contributed by atoms with van der Waals surface area (Å²) in [5.74, 6) is -0.688. The molecule has 1 aliphatic heterocycles. The number of hydrogen-bond acceptors (Lipinski definition) is 5. The van der Waals surface area contributed by atoms with Crippen LogP contribution in [0.1, 0.15) is 21.7 Å². The number of aromatic nitrogens is 2. The number of benzene rings is 2. The van der Waals surface area contributed by atoms with Gasteiger partial charge in [0, 0.05) is 13.1 Å². The van der Waals surface area contributed by atoms with Crippen LogP contribution in [-0.2, 0) is 11.8 Å². The first kappa shape index (κ1) is 18.4. The molecule has 2 heterocycles. The maximum atomic E-state index is 13.0. The first-order valence-corrected chi connectivity index (χ1v) is 9.62. The summed E-state index contributed by atoms with van der Waals surface area (Å²) < 4.78 is 2.28. The molecule has 1 amide bonds. The zero-order valence-electron chi connectivity index (χ0n) is 15.0. The molecule has 8 heteroatoms. The summed E-state index contributed by atoms with van der Waals surface area (Å²) in [6, 6.07) is 12.4. The molecule has 0 atom stereocenters. The molecule has 0 bridgehead atoms. The van der Waals surface area contributed by atoms with E-state index in [0.29, 0.717) is 20.7 Å². The van der Waals surface area contributed by atoms with E-state index in [9.17, 15) is 14.7 Å². The third kappa shape index (κ3) is 3.00. The summed E-state index contributed by atoms with van der Waals surface area (Å²) in [7, 11) is 1.89. The van der Waals surface area contributed by atoms with Gasteiger partial charge in [0.25, 0.3) is 5.91 Å². The fraction of sp³-hybridized carbons (Fsp3) is 0.100. The molecule has 0 unspecified atom stereocenters. The minimum Gasteiger partial charge on any atom is -0.478 e. The lowest BCUT2D eigenvalue weighted by atomic mass is 10.1. The van der Waals surface area contributed by atoms with Crippen molar-refractivity contribution in [3.8, 4) is 0 Å². The zero-order chi connectivity index (χ0) is 20.0. The van der Waals surface area contributed by atoms with Crippen LogP contribution in [0.4, 0.5) is 5.69 Å². The van der Waals surface area contributed by atoms with Crippen molar-refractivity contribution in [3.05, 3.63) is 64.3 Å². The molecule has 0 aliphatic carbocycles. The summed E-state index contributed by atoms with van der Waals surface area (Å²) >= 11 is 6.59. The Morgan fingerprint density at radius 1 is 1.25 bits per heavy atom. The Hall–Kier alpha value is -2.97. The molecule has 6 nitrogen and oxygen atoms in total. The fourth-order valence-corrected chi connectivity index (χ4v) is 4.32. The summed E-state index contributed by atoms with van der Waals surface area (Å²) in [5.41, 5.74) is 3.17. The summed E-state index contributed by atoms with van der Waals surface area (Å²) in [6.07, 6.45) is 1.72. The number of carboxylic acids is 1. The quantitative estimate of drug-likeness (QED) is 0.521. The molecule has 4 rings (SSSR count). The van der Waals surface area contributed by atoms with Gasteiger partial charge in [-0.05, 0) is 36.8 Å². The maximum absolute atomic E-state index is 13.0. The second-order valence-corrected chi connectivity index (χ2v) is 8.02. The van der Waals surface area contributed by atoms with E-state index in [1.165, 1.54) is 28.8 Å². The van der Waals surface area contributed by atoms with Gasteiger partial charge in [-0.3, -0.25) is 9.69 Å². The highest BCUT2D eigenvalue weighted by Gasteiger charge is 2.34. The smallest absolute Gasteiger partial charge is 0.335 e. The van der Waals surface area contributed by atoms with Crippen molar-refractivity contribution in [1.82, 2.24) is 9.55 Å². The first-order chi connectivity index (χ1) is 13.4. The number of para-hydroxylation sites is 2. The number of carbonyl (C=O) groups is 2. The number of carboxylic acid groups (broad SMARTS) is 1. The number of fused-ring (bicyclic) bond motifs is 1. The van der Waals surface area contributed by atoms with Crippen LogP contribution in [0.5, 0.6) is 0 Å². The van der Waals surface area contributed by atoms with Crippen LogP contribution in [0.25, 0.3) is 17.1 Å². The summed E-state index contributed by atoms with van der Waals surface area (Å²) in [6.45, 7) is 1.81. The minimum absolute atomic E-state index is 0.106. The van der Waals surface area contributed by atoms with Crippen molar-refractivity contribution < 1.29 is 14.7 Å². The van der Waals surface area contributed by atoms with Crippen LogP contribution in [0.3, 0.4) is 0 Å². The molecule has 1 saturated heterocycles. The Labute approximate surface area is 170 Å². The largest absolute Gasteiger partial charge is 0.478 e. The topological polar surface area (TPSA) is 75.4 Å². The molecule has 0 radical (unpaired) electrons. The van der Waals surface area contributed by atoms with Gasteiger partial charge in [-0.2, -0.15) is 0 Å². The number of thiocarbonyl (C=S) groups is 1. The van der Waals surface area contributed by atoms with E-state index in [4.69, 9.17) is 12.2 Å². The summed E-state index contributed by atoms with van der Waals surface area (Å²) in [5, 5.41) is 9.26. The standard InChI is InChI=1S/C20H15N3O3S2/c1-11-7-8-12(19(25)26)9-15(11)23-18(24)16(28-20(23)27)10-17-21-13-5-3-4-6-14(13)22(17)2/h3-10H,1-2H3,(H,25,26)/b16-10+.